The Labute approximate surface area is 194 Å². The normalized spacial score (nSPS) is 14.2. The van der Waals surface area contributed by atoms with E-state index in [1.165, 1.54) is 11.1 Å². The van der Waals surface area contributed by atoms with Crippen LogP contribution in [-0.4, -0.2) is 42.3 Å². The number of aliphatic carboxylic acids is 1. The minimum atomic E-state index is -0.958. The first kappa shape index (κ1) is 24.3. The van der Waals surface area contributed by atoms with Crippen LogP contribution < -0.4 is 10.6 Å². The van der Waals surface area contributed by atoms with Gasteiger partial charge in [0.15, 0.2) is 0 Å². The molecular weight excluding hydrogens is 420 g/mol. The third-order valence-corrected chi connectivity index (χ3v) is 6.13. The molecule has 3 N–H and O–H groups in total. The van der Waals surface area contributed by atoms with E-state index >= 15 is 0 Å². The molecule has 2 aromatic carbocycles. The number of ether oxygens (including phenoxy) is 1. The van der Waals surface area contributed by atoms with Gasteiger partial charge in [-0.15, -0.1) is 0 Å². The third kappa shape index (κ3) is 6.34. The highest BCUT2D eigenvalue weighted by molar-refractivity contribution is 5.79. The van der Waals surface area contributed by atoms with Crippen LogP contribution in [0.4, 0.5) is 4.79 Å². The van der Waals surface area contributed by atoms with Gasteiger partial charge in [0.25, 0.3) is 0 Å². The number of benzene rings is 2. The van der Waals surface area contributed by atoms with Gasteiger partial charge >= 0.3 is 12.1 Å². The number of carboxylic acids is 1. The van der Waals surface area contributed by atoms with Gasteiger partial charge in [-0.1, -0.05) is 62.4 Å². The van der Waals surface area contributed by atoms with Crippen LogP contribution in [0, 0.1) is 11.8 Å². The Morgan fingerprint density at radius 3 is 2.06 bits per heavy atom. The van der Waals surface area contributed by atoms with Crippen LogP contribution in [-0.2, 0) is 14.3 Å². The molecule has 3 rings (SSSR count). The Balaban J connectivity index is 1.52. The Kier molecular flexibility index (Phi) is 8.09. The maximum Gasteiger partial charge on any atom is 0.407 e. The van der Waals surface area contributed by atoms with E-state index in [1.807, 2.05) is 38.1 Å². The van der Waals surface area contributed by atoms with Crippen molar-refractivity contribution in [1.29, 1.82) is 0 Å². The number of carbonyl (C=O) groups is 3. The molecule has 1 aliphatic carbocycles. The Bertz CT molecular complexity index is 958. The molecule has 2 aromatic rings. The number of amides is 2. The molecule has 0 spiro atoms. The summed E-state index contributed by atoms with van der Waals surface area (Å²) < 4.78 is 5.57. The Morgan fingerprint density at radius 2 is 1.52 bits per heavy atom. The van der Waals surface area contributed by atoms with Gasteiger partial charge in [-0.05, 0) is 41.0 Å². The maximum absolute atomic E-state index is 12.4. The molecule has 0 aromatic heterocycles. The molecule has 0 heterocycles. The van der Waals surface area contributed by atoms with Crippen LogP contribution >= 0.6 is 0 Å². The SMILES string of the molecule is CC(C)C(CNC(=O)OCC1c2ccccc2-c2ccccc21)CC(=O)N[C@H](C)CC(=O)O. The van der Waals surface area contributed by atoms with E-state index in [1.54, 1.807) is 6.92 Å². The number of carboxylic acid groups (broad SMARTS) is 1. The van der Waals surface area contributed by atoms with Gasteiger partial charge in [-0.25, -0.2) is 4.79 Å². The topological polar surface area (TPSA) is 105 Å². The van der Waals surface area contributed by atoms with E-state index in [9.17, 15) is 14.4 Å². The lowest BCUT2D eigenvalue weighted by Gasteiger charge is -2.22. The molecule has 0 aliphatic heterocycles. The second-order valence-corrected chi connectivity index (χ2v) is 8.98. The smallest absolute Gasteiger partial charge is 0.407 e. The zero-order valence-electron chi connectivity index (χ0n) is 19.3. The minimum Gasteiger partial charge on any atom is -0.481 e. The molecule has 2 amide bonds. The standard InChI is InChI=1S/C26H32N2O5/c1-16(2)18(13-24(29)28-17(3)12-25(30)31)14-27-26(32)33-15-23-21-10-6-4-8-19(21)20-9-5-7-11-22(20)23/h4-11,16-18,23H,12-15H2,1-3H3,(H,27,32)(H,28,29)(H,30,31)/t17-,18?/m1/s1. The van der Waals surface area contributed by atoms with Crippen molar-refractivity contribution in [2.45, 2.75) is 45.6 Å². The predicted octanol–water partition coefficient (Wildman–Crippen LogP) is 4.17. The fourth-order valence-corrected chi connectivity index (χ4v) is 4.29. The molecule has 2 atom stereocenters. The van der Waals surface area contributed by atoms with Crippen molar-refractivity contribution >= 4 is 18.0 Å². The molecule has 7 heteroatoms. The second-order valence-electron chi connectivity index (χ2n) is 8.98. The number of alkyl carbamates (subject to hydrolysis) is 1. The number of hydrogen-bond donors (Lipinski definition) is 3. The van der Waals surface area contributed by atoms with Gasteiger partial charge in [-0.2, -0.15) is 0 Å². The molecule has 0 bridgehead atoms. The average Bonchev–Trinajstić information content (AvgIpc) is 3.08. The first-order valence-electron chi connectivity index (χ1n) is 11.4. The summed E-state index contributed by atoms with van der Waals surface area (Å²) in [6.45, 7) is 6.16. The van der Waals surface area contributed by atoms with Gasteiger partial charge < -0.3 is 20.5 Å². The van der Waals surface area contributed by atoms with Gasteiger partial charge in [-0.3, -0.25) is 9.59 Å². The molecule has 1 unspecified atom stereocenters. The van der Waals surface area contributed by atoms with Gasteiger partial charge in [0.05, 0.1) is 6.42 Å². The summed E-state index contributed by atoms with van der Waals surface area (Å²) in [5.74, 6) is -1.13. The lowest BCUT2D eigenvalue weighted by atomic mass is 9.92. The number of nitrogens with one attached hydrogen (secondary N) is 2. The van der Waals surface area contributed by atoms with Crippen molar-refractivity contribution in [2.75, 3.05) is 13.2 Å². The largest absolute Gasteiger partial charge is 0.481 e. The molecular formula is C26H32N2O5. The van der Waals surface area contributed by atoms with Crippen molar-refractivity contribution < 1.29 is 24.2 Å². The molecule has 0 saturated heterocycles. The third-order valence-electron chi connectivity index (χ3n) is 6.13. The predicted molar refractivity (Wildman–Crippen MR) is 126 cm³/mol. The summed E-state index contributed by atoms with van der Waals surface area (Å²) in [4.78, 5) is 35.5. The average molecular weight is 453 g/mol. The van der Waals surface area contributed by atoms with Crippen LogP contribution in [0.15, 0.2) is 48.5 Å². The zero-order chi connectivity index (χ0) is 24.0. The van der Waals surface area contributed by atoms with Crippen molar-refractivity contribution in [3.8, 4) is 11.1 Å². The molecule has 1 aliphatic rings. The quantitative estimate of drug-likeness (QED) is 0.502. The van der Waals surface area contributed by atoms with E-state index in [2.05, 4.69) is 34.9 Å². The summed E-state index contributed by atoms with van der Waals surface area (Å²) in [5.41, 5.74) is 4.65. The lowest BCUT2D eigenvalue weighted by Crippen LogP contribution is -2.39. The maximum atomic E-state index is 12.4. The van der Waals surface area contributed by atoms with Crippen LogP contribution in [0.2, 0.25) is 0 Å². The molecule has 176 valence electrons. The van der Waals surface area contributed by atoms with Crippen LogP contribution in [0.1, 0.15) is 50.7 Å². The lowest BCUT2D eigenvalue weighted by molar-refractivity contribution is -0.137. The summed E-state index contributed by atoms with van der Waals surface area (Å²) in [7, 11) is 0. The van der Waals surface area contributed by atoms with Gasteiger partial charge in [0, 0.05) is 24.9 Å². The van der Waals surface area contributed by atoms with E-state index in [0.29, 0.717) is 6.54 Å². The first-order chi connectivity index (χ1) is 15.8. The summed E-state index contributed by atoms with van der Waals surface area (Å²) >= 11 is 0. The summed E-state index contributed by atoms with van der Waals surface area (Å²) in [6, 6.07) is 15.9. The van der Waals surface area contributed by atoms with Gasteiger partial charge in [0.1, 0.15) is 6.61 Å². The van der Waals surface area contributed by atoms with Crippen LogP contribution in [0.5, 0.6) is 0 Å². The van der Waals surface area contributed by atoms with Gasteiger partial charge in [0.2, 0.25) is 5.91 Å². The zero-order valence-corrected chi connectivity index (χ0v) is 19.3. The number of fused-ring (bicyclic) bond motifs is 3. The number of carbonyl (C=O) groups excluding carboxylic acids is 2. The Hall–Kier alpha value is -3.35. The second kappa shape index (κ2) is 11.0. The number of rotatable bonds is 10. The van der Waals surface area contributed by atoms with Crippen molar-refractivity contribution in [3.05, 3.63) is 59.7 Å². The van der Waals surface area contributed by atoms with Crippen molar-refractivity contribution in [2.24, 2.45) is 11.8 Å². The van der Waals surface area contributed by atoms with Crippen molar-refractivity contribution in [3.63, 3.8) is 0 Å². The molecule has 7 nitrogen and oxygen atoms in total. The first-order valence-corrected chi connectivity index (χ1v) is 11.4. The fourth-order valence-electron chi connectivity index (χ4n) is 4.29. The van der Waals surface area contributed by atoms with E-state index < -0.39 is 18.1 Å². The highest BCUT2D eigenvalue weighted by Crippen LogP contribution is 2.44. The summed E-state index contributed by atoms with van der Waals surface area (Å²) in [6.07, 6.45) is -0.441. The van der Waals surface area contributed by atoms with E-state index in [4.69, 9.17) is 9.84 Å². The molecule has 0 saturated carbocycles. The molecule has 0 fully saturated rings. The fraction of sp³-hybridized carbons (Fsp3) is 0.423. The Morgan fingerprint density at radius 1 is 0.939 bits per heavy atom. The number of hydrogen-bond acceptors (Lipinski definition) is 4. The minimum absolute atomic E-state index is 0.00875. The van der Waals surface area contributed by atoms with Crippen molar-refractivity contribution in [1.82, 2.24) is 10.6 Å². The van der Waals surface area contributed by atoms with E-state index in [-0.39, 0.29) is 43.1 Å². The monoisotopic (exact) mass is 452 g/mol. The molecule has 0 radical (unpaired) electrons. The summed E-state index contributed by atoms with van der Waals surface area (Å²) in [5, 5.41) is 14.3. The van der Waals surface area contributed by atoms with Crippen LogP contribution in [0.3, 0.4) is 0 Å². The molecule has 33 heavy (non-hydrogen) atoms. The van der Waals surface area contributed by atoms with Crippen LogP contribution in [0.25, 0.3) is 11.1 Å². The highest BCUT2D eigenvalue weighted by Gasteiger charge is 2.29. The van der Waals surface area contributed by atoms with E-state index in [0.717, 1.165) is 11.1 Å². The highest BCUT2D eigenvalue weighted by atomic mass is 16.5.